The molecule has 1 aliphatic rings. The number of anilines is 1. The molecule has 0 spiro atoms. The molecule has 3 nitrogen and oxygen atoms in total. The van der Waals surface area contributed by atoms with Crippen LogP contribution >= 0.6 is 35.1 Å². The highest BCUT2D eigenvalue weighted by molar-refractivity contribution is 7.19. The van der Waals surface area contributed by atoms with Gasteiger partial charge in [0.25, 0.3) is 0 Å². The Morgan fingerprint density at radius 3 is 2.67 bits per heavy atom. The molecular weight excluding hydrogens is 394 g/mol. The van der Waals surface area contributed by atoms with Crippen molar-refractivity contribution in [2.45, 2.75) is 32.4 Å². The average molecular weight is 414 g/mol. The van der Waals surface area contributed by atoms with E-state index in [0.717, 1.165) is 30.2 Å². The zero-order chi connectivity index (χ0) is 17.3. The Hall–Kier alpha value is -1.95. The fourth-order valence-corrected chi connectivity index (χ4v) is 5.69. The summed E-state index contributed by atoms with van der Waals surface area (Å²) in [4.78, 5) is 15.8. The van der Waals surface area contributed by atoms with Crippen molar-refractivity contribution in [1.29, 1.82) is 0 Å². The summed E-state index contributed by atoms with van der Waals surface area (Å²) < 4.78 is 0. The summed E-state index contributed by atoms with van der Waals surface area (Å²) in [6.07, 6.45) is 5.35. The number of aromatic nitrogens is 2. The van der Waals surface area contributed by atoms with Gasteiger partial charge >= 0.3 is 0 Å². The summed E-state index contributed by atoms with van der Waals surface area (Å²) in [5.74, 6) is 1.09. The van der Waals surface area contributed by atoms with Crippen LogP contribution in [0, 0.1) is 0 Å². The van der Waals surface area contributed by atoms with Gasteiger partial charge in [-0.25, -0.2) is 9.97 Å². The van der Waals surface area contributed by atoms with Crippen molar-refractivity contribution in [3.63, 3.8) is 0 Å². The first-order valence-corrected chi connectivity index (χ1v) is 10.6. The zero-order valence-electron chi connectivity index (χ0n) is 14.8. The molecule has 0 bridgehead atoms. The van der Waals surface area contributed by atoms with Crippen molar-refractivity contribution in [1.82, 2.24) is 9.97 Å². The van der Waals surface area contributed by atoms with E-state index in [2.05, 4.69) is 57.7 Å². The second-order valence-corrected chi connectivity index (χ2v) is 8.77. The van der Waals surface area contributed by atoms with Gasteiger partial charge < -0.3 is 4.90 Å². The second kappa shape index (κ2) is 7.97. The Morgan fingerprint density at radius 2 is 1.85 bits per heavy atom. The molecule has 3 heterocycles. The standard InChI is InChI=1S/C21H19N3S2.ClH/c1-2-6-15(7-3-1)12-24(13-16-8-5-11-25-16)20-19-17-9-4-10-18(17)26-21(19)23-14-22-20;/h1-3,5-8,11,14H,4,9-10,12-13H2;1H. The van der Waals surface area contributed by atoms with E-state index in [1.54, 1.807) is 17.7 Å². The first kappa shape index (κ1) is 18.4. The lowest BCUT2D eigenvalue weighted by atomic mass is 10.1. The molecule has 138 valence electrons. The molecule has 27 heavy (non-hydrogen) atoms. The number of nitrogens with zero attached hydrogens (tertiary/aromatic N) is 3. The lowest BCUT2D eigenvalue weighted by Gasteiger charge is -2.24. The number of fused-ring (bicyclic) bond motifs is 3. The van der Waals surface area contributed by atoms with E-state index in [1.807, 2.05) is 11.3 Å². The lowest BCUT2D eigenvalue weighted by molar-refractivity contribution is 0.794. The Balaban J connectivity index is 0.00000180. The molecule has 4 aromatic rings. The predicted molar refractivity (Wildman–Crippen MR) is 117 cm³/mol. The van der Waals surface area contributed by atoms with E-state index in [9.17, 15) is 0 Å². The van der Waals surface area contributed by atoms with Crippen molar-refractivity contribution in [3.05, 3.63) is 75.1 Å². The van der Waals surface area contributed by atoms with Crippen LogP contribution in [-0.4, -0.2) is 9.97 Å². The summed E-state index contributed by atoms with van der Waals surface area (Å²) in [6, 6.07) is 15.0. The molecule has 0 saturated carbocycles. The third-order valence-corrected chi connectivity index (χ3v) is 6.98. The Kier molecular flexibility index (Phi) is 5.43. The highest BCUT2D eigenvalue weighted by Gasteiger charge is 2.24. The van der Waals surface area contributed by atoms with Crippen LogP contribution in [0.1, 0.15) is 27.3 Å². The number of thiophene rings is 2. The number of benzene rings is 1. The third-order valence-electron chi connectivity index (χ3n) is 4.92. The molecule has 0 N–H and O–H groups in total. The SMILES string of the molecule is Cl.c1ccc(CN(Cc2cccs2)c2ncnc3sc4c(c23)CCC4)cc1. The van der Waals surface area contributed by atoms with Gasteiger partial charge in [0.05, 0.1) is 11.9 Å². The number of hydrogen-bond donors (Lipinski definition) is 0. The van der Waals surface area contributed by atoms with Crippen LogP contribution in [0.2, 0.25) is 0 Å². The smallest absolute Gasteiger partial charge is 0.141 e. The van der Waals surface area contributed by atoms with E-state index < -0.39 is 0 Å². The highest BCUT2D eigenvalue weighted by atomic mass is 35.5. The van der Waals surface area contributed by atoms with E-state index in [-0.39, 0.29) is 12.4 Å². The summed E-state index contributed by atoms with van der Waals surface area (Å²) in [7, 11) is 0. The maximum Gasteiger partial charge on any atom is 0.141 e. The van der Waals surface area contributed by atoms with Crippen molar-refractivity contribution in [3.8, 4) is 0 Å². The maximum atomic E-state index is 4.76. The minimum Gasteiger partial charge on any atom is -0.346 e. The number of rotatable bonds is 5. The Morgan fingerprint density at radius 1 is 0.963 bits per heavy atom. The monoisotopic (exact) mass is 413 g/mol. The van der Waals surface area contributed by atoms with Gasteiger partial charge in [0.1, 0.15) is 17.0 Å². The van der Waals surface area contributed by atoms with Gasteiger partial charge in [0, 0.05) is 16.3 Å². The van der Waals surface area contributed by atoms with Crippen LogP contribution in [0.4, 0.5) is 5.82 Å². The maximum absolute atomic E-state index is 4.76. The fourth-order valence-electron chi connectivity index (χ4n) is 3.75. The summed E-state index contributed by atoms with van der Waals surface area (Å²) >= 11 is 3.66. The zero-order valence-corrected chi connectivity index (χ0v) is 17.2. The minimum absolute atomic E-state index is 0. The summed E-state index contributed by atoms with van der Waals surface area (Å²) in [6.45, 7) is 1.73. The average Bonchev–Trinajstić information content (AvgIpc) is 3.39. The first-order chi connectivity index (χ1) is 12.9. The fraction of sp³-hybridized carbons (Fsp3) is 0.238. The van der Waals surface area contributed by atoms with Gasteiger partial charge in [-0.1, -0.05) is 36.4 Å². The molecule has 1 aromatic carbocycles. The second-order valence-electron chi connectivity index (χ2n) is 6.66. The normalized spacial score (nSPS) is 12.7. The van der Waals surface area contributed by atoms with E-state index in [0.29, 0.717) is 0 Å². The van der Waals surface area contributed by atoms with Crippen LogP contribution in [-0.2, 0) is 25.9 Å². The minimum atomic E-state index is 0. The van der Waals surface area contributed by atoms with Gasteiger partial charge in [-0.2, -0.15) is 0 Å². The molecule has 0 saturated heterocycles. The van der Waals surface area contributed by atoms with Crippen LogP contribution in [0.3, 0.4) is 0 Å². The van der Waals surface area contributed by atoms with Crippen LogP contribution in [0.25, 0.3) is 10.2 Å². The highest BCUT2D eigenvalue weighted by Crippen LogP contribution is 2.40. The third kappa shape index (κ3) is 3.59. The van der Waals surface area contributed by atoms with Gasteiger partial charge in [-0.3, -0.25) is 0 Å². The number of hydrogen-bond acceptors (Lipinski definition) is 5. The molecule has 0 atom stereocenters. The molecule has 6 heteroatoms. The van der Waals surface area contributed by atoms with E-state index in [1.165, 1.54) is 39.1 Å². The lowest BCUT2D eigenvalue weighted by Crippen LogP contribution is -2.23. The largest absolute Gasteiger partial charge is 0.346 e. The molecule has 3 aromatic heterocycles. The summed E-state index contributed by atoms with van der Waals surface area (Å²) in [5, 5.41) is 3.44. The van der Waals surface area contributed by atoms with Gasteiger partial charge in [0.2, 0.25) is 0 Å². The molecule has 0 radical (unpaired) electrons. The van der Waals surface area contributed by atoms with Crippen molar-refractivity contribution in [2.24, 2.45) is 0 Å². The van der Waals surface area contributed by atoms with Crippen molar-refractivity contribution >= 4 is 51.1 Å². The summed E-state index contributed by atoms with van der Waals surface area (Å²) in [5.41, 5.74) is 2.80. The van der Waals surface area contributed by atoms with Crippen LogP contribution in [0.5, 0.6) is 0 Å². The number of aryl methyl sites for hydroxylation is 2. The Bertz CT molecular complexity index is 1030. The molecule has 0 amide bonds. The topological polar surface area (TPSA) is 29.0 Å². The quantitative estimate of drug-likeness (QED) is 0.409. The van der Waals surface area contributed by atoms with Gasteiger partial charge in [-0.15, -0.1) is 35.1 Å². The molecule has 0 fully saturated rings. The van der Waals surface area contributed by atoms with Crippen LogP contribution < -0.4 is 4.90 Å². The van der Waals surface area contributed by atoms with E-state index in [4.69, 9.17) is 4.98 Å². The van der Waals surface area contributed by atoms with Gasteiger partial charge in [0.15, 0.2) is 0 Å². The number of halogens is 1. The van der Waals surface area contributed by atoms with Crippen molar-refractivity contribution in [2.75, 3.05) is 4.90 Å². The molecule has 0 unspecified atom stereocenters. The molecular formula is C21H20ClN3S2. The van der Waals surface area contributed by atoms with E-state index >= 15 is 0 Å². The van der Waals surface area contributed by atoms with Gasteiger partial charge in [-0.05, 0) is 41.8 Å². The van der Waals surface area contributed by atoms with Crippen LogP contribution in [0.15, 0.2) is 54.2 Å². The first-order valence-electron chi connectivity index (χ1n) is 8.95. The molecule has 0 aliphatic heterocycles. The molecule has 1 aliphatic carbocycles. The Labute approximate surface area is 173 Å². The molecule has 5 rings (SSSR count). The predicted octanol–water partition coefficient (Wildman–Crippen LogP) is 5.87. The van der Waals surface area contributed by atoms with Crippen molar-refractivity contribution < 1.29 is 0 Å².